The molecular weight excluding hydrogens is 593 g/mol. The molecule has 12 heteroatoms. The molecular formula is C28H23Cl2N3O5S2. The van der Waals surface area contributed by atoms with Crippen LogP contribution in [0.4, 0.5) is 5.69 Å². The van der Waals surface area contributed by atoms with Crippen molar-refractivity contribution in [2.75, 3.05) is 4.72 Å². The molecule has 0 saturated heterocycles. The summed E-state index contributed by atoms with van der Waals surface area (Å²) in [7, 11) is -8.02. The molecule has 5 aromatic rings. The summed E-state index contributed by atoms with van der Waals surface area (Å²) in [5.41, 5.74) is 2.25. The lowest BCUT2D eigenvalue weighted by molar-refractivity contribution is 0.471. The molecule has 1 aromatic heterocycles. The van der Waals surface area contributed by atoms with Gasteiger partial charge in [-0.05, 0) is 61.0 Å². The van der Waals surface area contributed by atoms with Crippen molar-refractivity contribution in [1.29, 1.82) is 0 Å². The SMILES string of the molecule is Cc1ccccc1Oc1ccccc1CNS(=O)(=O)c1ccc(S(=O)(=O)Nc2ccc(Cl)c3c(Cl)c[nH]c23)cc1. The Kier molecular flexibility index (Phi) is 7.80. The van der Waals surface area contributed by atoms with Gasteiger partial charge in [0.15, 0.2) is 0 Å². The van der Waals surface area contributed by atoms with Gasteiger partial charge >= 0.3 is 0 Å². The van der Waals surface area contributed by atoms with E-state index in [0.717, 1.165) is 5.56 Å². The zero-order valence-electron chi connectivity index (χ0n) is 21.0. The first kappa shape index (κ1) is 28.0. The van der Waals surface area contributed by atoms with E-state index in [1.54, 1.807) is 24.3 Å². The van der Waals surface area contributed by atoms with Gasteiger partial charge < -0.3 is 9.72 Å². The molecule has 40 heavy (non-hydrogen) atoms. The predicted octanol–water partition coefficient (Wildman–Crippen LogP) is 6.85. The van der Waals surface area contributed by atoms with Crippen molar-refractivity contribution in [3.05, 3.63) is 112 Å². The van der Waals surface area contributed by atoms with E-state index < -0.39 is 20.0 Å². The second-order valence-electron chi connectivity index (χ2n) is 8.86. The highest BCUT2D eigenvalue weighted by atomic mass is 35.5. The predicted molar refractivity (Wildman–Crippen MR) is 157 cm³/mol. The van der Waals surface area contributed by atoms with E-state index in [9.17, 15) is 16.8 Å². The highest BCUT2D eigenvalue weighted by molar-refractivity contribution is 7.92. The third kappa shape index (κ3) is 5.81. The van der Waals surface area contributed by atoms with E-state index in [-0.39, 0.29) is 22.0 Å². The Hall–Kier alpha value is -3.54. The zero-order valence-corrected chi connectivity index (χ0v) is 24.1. The van der Waals surface area contributed by atoms with Crippen molar-refractivity contribution in [3.8, 4) is 11.5 Å². The number of H-pyrrole nitrogens is 1. The normalized spacial score (nSPS) is 12.0. The lowest BCUT2D eigenvalue weighted by Crippen LogP contribution is -2.23. The van der Waals surface area contributed by atoms with Gasteiger partial charge in [-0.2, -0.15) is 0 Å². The van der Waals surface area contributed by atoms with E-state index >= 15 is 0 Å². The average Bonchev–Trinajstić information content (AvgIpc) is 3.34. The highest BCUT2D eigenvalue weighted by Crippen LogP contribution is 2.35. The molecule has 0 saturated carbocycles. The van der Waals surface area contributed by atoms with Crippen molar-refractivity contribution < 1.29 is 21.6 Å². The van der Waals surface area contributed by atoms with E-state index in [1.165, 1.54) is 42.6 Å². The van der Waals surface area contributed by atoms with Crippen LogP contribution in [0.1, 0.15) is 11.1 Å². The van der Waals surface area contributed by atoms with Gasteiger partial charge in [-0.1, -0.05) is 59.6 Å². The summed E-state index contributed by atoms with van der Waals surface area (Å²) < 4.78 is 63.2. The summed E-state index contributed by atoms with van der Waals surface area (Å²) in [5.74, 6) is 1.19. The maximum atomic E-state index is 13.1. The summed E-state index contributed by atoms with van der Waals surface area (Å²) in [4.78, 5) is 2.70. The summed E-state index contributed by atoms with van der Waals surface area (Å²) in [6, 6.07) is 22.6. The fourth-order valence-corrected chi connectivity index (χ4v) is 6.69. The van der Waals surface area contributed by atoms with Gasteiger partial charge in [0, 0.05) is 23.7 Å². The Morgan fingerprint density at radius 3 is 2.08 bits per heavy atom. The van der Waals surface area contributed by atoms with Crippen molar-refractivity contribution in [2.45, 2.75) is 23.3 Å². The fourth-order valence-electron chi connectivity index (χ4n) is 4.05. The number of nitrogens with one attached hydrogen (secondary N) is 3. The zero-order chi connectivity index (χ0) is 28.5. The number of anilines is 1. The van der Waals surface area contributed by atoms with Crippen molar-refractivity contribution in [1.82, 2.24) is 9.71 Å². The smallest absolute Gasteiger partial charge is 0.261 e. The number of sulfonamides is 2. The molecule has 1 heterocycles. The van der Waals surface area contributed by atoms with Crippen LogP contribution in [0.3, 0.4) is 0 Å². The molecule has 0 radical (unpaired) electrons. The third-order valence-electron chi connectivity index (χ3n) is 6.16. The fraction of sp³-hybridized carbons (Fsp3) is 0.0714. The number of halogens is 2. The molecule has 4 aromatic carbocycles. The molecule has 0 unspecified atom stereocenters. The molecule has 0 spiro atoms. The lowest BCUT2D eigenvalue weighted by Gasteiger charge is -2.14. The number of aryl methyl sites for hydroxylation is 1. The van der Waals surface area contributed by atoms with Gasteiger partial charge in [0.25, 0.3) is 10.0 Å². The molecule has 0 aliphatic carbocycles. The Labute approximate surface area is 242 Å². The highest BCUT2D eigenvalue weighted by Gasteiger charge is 2.21. The first-order chi connectivity index (χ1) is 19.0. The van der Waals surface area contributed by atoms with Crippen LogP contribution in [0.15, 0.2) is 101 Å². The van der Waals surface area contributed by atoms with Gasteiger partial charge in [-0.15, -0.1) is 0 Å². The standard InChI is InChI=1S/C28H23Cl2N3O5S2/c1-18-6-2-4-8-25(18)38-26-9-5-3-7-19(26)16-32-39(34,35)20-10-12-21(13-11-20)40(36,37)33-24-15-14-22(29)27-23(30)17-31-28(24)27/h2-15,17,31-33H,16H2,1H3. The summed E-state index contributed by atoms with van der Waals surface area (Å²) in [6.45, 7) is 1.89. The minimum Gasteiger partial charge on any atom is -0.457 e. The van der Waals surface area contributed by atoms with Crippen LogP contribution >= 0.6 is 23.2 Å². The van der Waals surface area contributed by atoms with Crippen LogP contribution in [0.2, 0.25) is 10.0 Å². The second kappa shape index (κ2) is 11.1. The Morgan fingerprint density at radius 2 is 1.38 bits per heavy atom. The molecule has 3 N–H and O–H groups in total. The number of rotatable bonds is 9. The number of hydrogen-bond acceptors (Lipinski definition) is 5. The minimum absolute atomic E-state index is 0.0305. The quantitative estimate of drug-likeness (QED) is 0.167. The molecule has 0 aliphatic rings. The van der Waals surface area contributed by atoms with E-state index in [1.807, 2.05) is 31.2 Å². The number of para-hydroxylation sites is 2. The molecule has 0 amide bonds. The van der Waals surface area contributed by atoms with Crippen LogP contribution in [0.25, 0.3) is 10.9 Å². The summed E-state index contributed by atoms with van der Waals surface area (Å²) in [5, 5.41) is 1.21. The number of ether oxygens (including phenoxy) is 1. The summed E-state index contributed by atoms with van der Waals surface area (Å²) >= 11 is 12.3. The van der Waals surface area contributed by atoms with Crippen LogP contribution in [-0.4, -0.2) is 21.8 Å². The lowest BCUT2D eigenvalue weighted by atomic mass is 10.2. The minimum atomic E-state index is -4.05. The average molecular weight is 617 g/mol. The van der Waals surface area contributed by atoms with E-state index in [4.69, 9.17) is 27.9 Å². The second-order valence-corrected chi connectivity index (χ2v) is 13.1. The maximum Gasteiger partial charge on any atom is 0.261 e. The molecule has 8 nitrogen and oxygen atoms in total. The molecule has 0 bridgehead atoms. The van der Waals surface area contributed by atoms with E-state index in [0.29, 0.717) is 38.0 Å². The van der Waals surface area contributed by atoms with Gasteiger partial charge in [-0.25, -0.2) is 21.6 Å². The third-order valence-corrected chi connectivity index (χ3v) is 9.58. The number of benzene rings is 4. The topological polar surface area (TPSA) is 117 Å². The first-order valence-corrected chi connectivity index (χ1v) is 15.7. The van der Waals surface area contributed by atoms with Crippen LogP contribution in [0, 0.1) is 6.92 Å². The van der Waals surface area contributed by atoms with Crippen molar-refractivity contribution in [3.63, 3.8) is 0 Å². The molecule has 0 aliphatic heterocycles. The summed E-state index contributed by atoms with van der Waals surface area (Å²) in [6.07, 6.45) is 1.51. The van der Waals surface area contributed by atoms with Crippen LogP contribution < -0.4 is 14.2 Å². The molecule has 5 rings (SSSR count). The van der Waals surface area contributed by atoms with Crippen LogP contribution in [-0.2, 0) is 26.6 Å². The van der Waals surface area contributed by atoms with Crippen molar-refractivity contribution >= 4 is 59.8 Å². The number of hydrogen-bond donors (Lipinski definition) is 3. The number of aromatic nitrogens is 1. The monoisotopic (exact) mass is 615 g/mol. The van der Waals surface area contributed by atoms with Gasteiger partial charge in [0.05, 0.1) is 31.0 Å². The largest absolute Gasteiger partial charge is 0.457 e. The first-order valence-electron chi connectivity index (χ1n) is 11.9. The van der Waals surface area contributed by atoms with Crippen LogP contribution in [0.5, 0.6) is 11.5 Å². The maximum absolute atomic E-state index is 13.1. The molecule has 0 atom stereocenters. The van der Waals surface area contributed by atoms with Crippen molar-refractivity contribution in [2.24, 2.45) is 0 Å². The van der Waals surface area contributed by atoms with E-state index in [2.05, 4.69) is 14.4 Å². The van der Waals surface area contributed by atoms with Gasteiger partial charge in [0.2, 0.25) is 10.0 Å². The Balaban J connectivity index is 1.31. The number of fused-ring (bicyclic) bond motifs is 1. The molecule has 206 valence electrons. The van der Waals surface area contributed by atoms with Gasteiger partial charge in [-0.3, -0.25) is 4.72 Å². The van der Waals surface area contributed by atoms with Gasteiger partial charge in [0.1, 0.15) is 11.5 Å². The Bertz CT molecular complexity index is 1920. The Morgan fingerprint density at radius 1 is 0.750 bits per heavy atom. The number of aromatic amines is 1. The molecule has 0 fully saturated rings.